The number of carbonyl (C=O) groups excluding carboxylic acids is 4. The molecule has 0 bridgehead atoms. The van der Waals surface area contributed by atoms with Crippen LogP contribution in [0, 0.1) is 46.7 Å². The van der Waals surface area contributed by atoms with E-state index in [1.54, 1.807) is 23.6 Å². The predicted molar refractivity (Wildman–Crippen MR) is 180 cm³/mol. The molecule has 4 rings (SSSR count). The topological polar surface area (TPSA) is 93.2 Å². The van der Waals surface area contributed by atoms with Crippen molar-refractivity contribution in [1.82, 2.24) is 9.80 Å². The molecule has 8 nitrogen and oxygen atoms in total. The summed E-state index contributed by atoms with van der Waals surface area (Å²) in [7, 11) is 0. The second kappa shape index (κ2) is 20.0. The number of hydrogen-bond acceptors (Lipinski definition) is 6. The number of amides is 2. The molecule has 2 aromatic carbocycles. The van der Waals surface area contributed by atoms with Crippen LogP contribution in [0.5, 0.6) is 0 Å². The molecule has 51 heavy (non-hydrogen) atoms. The van der Waals surface area contributed by atoms with Crippen molar-refractivity contribution in [3.05, 3.63) is 82.4 Å². The van der Waals surface area contributed by atoms with Gasteiger partial charge < -0.3 is 19.3 Å². The average Bonchev–Trinajstić information content (AvgIpc) is 3.11. The maximum Gasteiger partial charge on any atom is 0.319 e. The Hall–Kier alpha value is -4.14. The van der Waals surface area contributed by atoms with E-state index in [9.17, 15) is 45.5 Å². The van der Waals surface area contributed by atoms with Gasteiger partial charge >= 0.3 is 11.9 Å². The van der Waals surface area contributed by atoms with Gasteiger partial charge in [-0.25, -0.2) is 26.3 Å². The molecular weight excluding hydrogens is 750 g/mol. The minimum Gasteiger partial charge on any atom is -0.466 e. The number of esters is 2. The normalized spacial score (nSPS) is 16.2. The fourth-order valence-corrected chi connectivity index (χ4v) is 6.19. The Morgan fingerprint density at radius 3 is 1.49 bits per heavy atom. The Bertz CT molecular complexity index is 1560. The second-order valence-electron chi connectivity index (χ2n) is 11.9. The Morgan fingerprint density at radius 1 is 0.706 bits per heavy atom. The van der Waals surface area contributed by atoms with E-state index in [4.69, 9.17) is 9.47 Å². The molecule has 2 heterocycles. The van der Waals surface area contributed by atoms with Gasteiger partial charge in [-0.15, -0.1) is 0 Å². The number of piperidine rings is 2. The molecule has 2 aliphatic heterocycles. The summed E-state index contributed by atoms with van der Waals surface area (Å²) >= 11 is 3.35. The van der Waals surface area contributed by atoms with E-state index in [-0.39, 0.29) is 46.7 Å². The molecule has 2 aliphatic rings. The number of carbonyl (C=O) groups is 4. The SMILES string of the molecule is CCOC(=O)C(Br)C1CCN(C(=O)/C=C/c2cc(F)c(F)c(F)c2)CC1.CCOC(=O)CC1CCN(C(=O)/C=C/c2cc(F)c(F)c(F)c2)CC1. The lowest BCUT2D eigenvalue weighted by molar-refractivity contribution is -0.145. The first-order valence-corrected chi connectivity index (χ1v) is 17.3. The molecule has 2 aromatic rings. The van der Waals surface area contributed by atoms with Crippen molar-refractivity contribution < 1.29 is 55.0 Å². The lowest BCUT2D eigenvalue weighted by atomic mass is 9.93. The summed E-state index contributed by atoms with van der Waals surface area (Å²) in [5.41, 5.74) is 0.134. The summed E-state index contributed by atoms with van der Waals surface area (Å²) in [6.45, 7) is 6.08. The quantitative estimate of drug-likeness (QED) is 0.0848. The molecule has 0 spiro atoms. The molecule has 15 heteroatoms. The maximum absolute atomic E-state index is 13.2. The number of rotatable bonds is 10. The van der Waals surface area contributed by atoms with E-state index < -0.39 is 39.7 Å². The van der Waals surface area contributed by atoms with Crippen LogP contribution in [0.15, 0.2) is 36.4 Å². The van der Waals surface area contributed by atoms with E-state index in [0.29, 0.717) is 71.5 Å². The largest absolute Gasteiger partial charge is 0.466 e. The van der Waals surface area contributed by atoms with Crippen LogP contribution >= 0.6 is 15.9 Å². The van der Waals surface area contributed by atoms with Gasteiger partial charge in [-0.3, -0.25) is 19.2 Å². The van der Waals surface area contributed by atoms with Crippen LogP contribution in [-0.4, -0.2) is 77.8 Å². The highest BCUT2D eigenvalue weighted by atomic mass is 79.9. The molecule has 2 saturated heterocycles. The molecular formula is C36H39BrF6N2O6. The third-order valence-corrected chi connectivity index (χ3v) is 9.43. The lowest BCUT2D eigenvalue weighted by Crippen LogP contribution is -2.41. The highest BCUT2D eigenvalue weighted by Crippen LogP contribution is 2.27. The zero-order valence-electron chi connectivity index (χ0n) is 28.1. The monoisotopic (exact) mass is 788 g/mol. The summed E-state index contributed by atoms with van der Waals surface area (Å²) in [4.78, 5) is 50.3. The molecule has 2 fully saturated rings. The Morgan fingerprint density at radius 2 is 1.10 bits per heavy atom. The van der Waals surface area contributed by atoms with Gasteiger partial charge in [0.15, 0.2) is 34.9 Å². The molecule has 0 saturated carbocycles. The zero-order chi connectivity index (χ0) is 37.7. The van der Waals surface area contributed by atoms with Gasteiger partial charge in [-0.1, -0.05) is 15.9 Å². The predicted octanol–water partition coefficient (Wildman–Crippen LogP) is 6.99. The van der Waals surface area contributed by atoms with Crippen LogP contribution in [0.25, 0.3) is 12.2 Å². The third kappa shape index (κ3) is 12.5. The summed E-state index contributed by atoms with van der Waals surface area (Å²) in [5.74, 6) is -9.16. The number of likely N-dealkylation sites (tertiary alicyclic amines) is 2. The molecule has 0 aromatic heterocycles. The first-order chi connectivity index (χ1) is 24.2. The van der Waals surface area contributed by atoms with Crippen LogP contribution in [0.3, 0.4) is 0 Å². The first kappa shape index (κ1) is 41.3. The minimum absolute atomic E-state index is 0.0625. The fraction of sp³-hybridized carbons (Fsp3) is 0.444. The van der Waals surface area contributed by atoms with Gasteiger partial charge in [-0.2, -0.15) is 0 Å². The van der Waals surface area contributed by atoms with Crippen LogP contribution in [0.1, 0.15) is 57.1 Å². The third-order valence-electron chi connectivity index (χ3n) is 8.31. The number of nitrogens with zero attached hydrogens (tertiary/aromatic N) is 2. The van der Waals surface area contributed by atoms with E-state index in [1.807, 2.05) is 0 Å². The van der Waals surface area contributed by atoms with Crippen LogP contribution in [-0.2, 0) is 28.7 Å². The summed E-state index contributed by atoms with van der Waals surface area (Å²) in [6.07, 6.45) is 7.89. The van der Waals surface area contributed by atoms with E-state index in [1.165, 1.54) is 24.3 Å². The summed E-state index contributed by atoms with van der Waals surface area (Å²) in [6, 6.07) is 3.30. The minimum atomic E-state index is -1.54. The zero-order valence-corrected chi connectivity index (χ0v) is 29.7. The van der Waals surface area contributed by atoms with E-state index >= 15 is 0 Å². The Labute approximate surface area is 300 Å². The van der Waals surface area contributed by atoms with Gasteiger partial charge in [-0.05, 0) is 98.9 Å². The number of hydrogen-bond donors (Lipinski definition) is 0. The van der Waals surface area contributed by atoms with Gasteiger partial charge in [0.05, 0.1) is 13.2 Å². The molecule has 0 radical (unpaired) electrons. The highest BCUT2D eigenvalue weighted by molar-refractivity contribution is 9.10. The van der Waals surface area contributed by atoms with Crippen molar-refractivity contribution in [1.29, 1.82) is 0 Å². The standard InChI is InChI=1S/C18H19BrF3NO3.C18H20F3NO3/c1-2-26-18(25)16(19)12-5-7-23(8-6-12)15(24)4-3-11-9-13(20)17(22)14(21)10-11;1-2-25-17(24)11-12-5-7-22(8-6-12)16(23)4-3-13-9-14(19)18(21)15(20)10-13/h3-4,9-10,12,16H,2,5-8H2,1H3;3-4,9-10,12H,2,5-8,11H2,1H3/b2*4-3+. The first-order valence-electron chi connectivity index (χ1n) is 16.4. The maximum atomic E-state index is 13.2. The lowest BCUT2D eigenvalue weighted by Gasteiger charge is -2.32. The summed E-state index contributed by atoms with van der Waals surface area (Å²) < 4.78 is 88.3. The van der Waals surface area contributed by atoms with Crippen LogP contribution in [0.4, 0.5) is 26.3 Å². The Kier molecular flexibility index (Phi) is 16.2. The molecule has 278 valence electrons. The van der Waals surface area contributed by atoms with E-state index in [2.05, 4.69) is 15.9 Å². The average molecular weight is 790 g/mol. The summed E-state index contributed by atoms with van der Waals surface area (Å²) in [5, 5.41) is 0. The van der Waals surface area contributed by atoms with Gasteiger partial charge in [0, 0.05) is 44.8 Å². The Balaban J connectivity index is 0.000000276. The number of alkyl halides is 1. The number of benzene rings is 2. The van der Waals surface area contributed by atoms with Gasteiger partial charge in [0.1, 0.15) is 4.83 Å². The van der Waals surface area contributed by atoms with Gasteiger partial charge in [0.25, 0.3) is 0 Å². The second-order valence-corrected chi connectivity index (χ2v) is 12.8. The van der Waals surface area contributed by atoms with Crippen molar-refractivity contribution in [3.8, 4) is 0 Å². The van der Waals surface area contributed by atoms with Crippen molar-refractivity contribution in [2.24, 2.45) is 11.8 Å². The molecule has 1 unspecified atom stereocenters. The fourth-order valence-electron chi connectivity index (χ4n) is 5.53. The van der Waals surface area contributed by atoms with Crippen molar-refractivity contribution in [2.75, 3.05) is 39.4 Å². The molecule has 1 atom stereocenters. The highest BCUT2D eigenvalue weighted by Gasteiger charge is 2.31. The van der Waals surface area contributed by atoms with Gasteiger partial charge in [0.2, 0.25) is 11.8 Å². The smallest absolute Gasteiger partial charge is 0.319 e. The van der Waals surface area contributed by atoms with Crippen LogP contribution < -0.4 is 0 Å². The van der Waals surface area contributed by atoms with E-state index in [0.717, 1.165) is 24.3 Å². The molecule has 2 amide bonds. The van der Waals surface area contributed by atoms with Crippen molar-refractivity contribution in [2.45, 2.75) is 50.8 Å². The molecule has 0 N–H and O–H groups in total. The van der Waals surface area contributed by atoms with Crippen LogP contribution in [0.2, 0.25) is 0 Å². The van der Waals surface area contributed by atoms with Crippen molar-refractivity contribution >= 4 is 51.8 Å². The molecule has 0 aliphatic carbocycles. The number of ether oxygens (including phenoxy) is 2. The van der Waals surface area contributed by atoms with Crippen molar-refractivity contribution in [3.63, 3.8) is 0 Å². The number of halogens is 7.